The van der Waals surface area contributed by atoms with E-state index in [4.69, 9.17) is 15.2 Å². The van der Waals surface area contributed by atoms with Crippen LogP contribution in [0.25, 0.3) is 0 Å². The Bertz CT molecular complexity index is 931. The van der Waals surface area contributed by atoms with Gasteiger partial charge < -0.3 is 15.2 Å². The second-order valence-corrected chi connectivity index (χ2v) is 17.4. The van der Waals surface area contributed by atoms with Gasteiger partial charge in [0.15, 0.2) is 5.79 Å². The number of nitrogens with two attached hydrogens (primary N) is 1. The molecule has 1 heterocycles. The second kappa shape index (κ2) is 30.9. The van der Waals surface area contributed by atoms with Gasteiger partial charge in [-0.2, -0.15) is 0 Å². The Morgan fingerprint density at radius 3 is 1.37 bits per heavy atom. The van der Waals surface area contributed by atoms with E-state index < -0.39 is 5.79 Å². The number of hydrogen-bond acceptors (Lipinski definition) is 3. The van der Waals surface area contributed by atoms with Crippen molar-refractivity contribution in [2.24, 2.45) is 11.1 Å². The maximum Gasteiger partial charge on any atom is 0.168 e. The van der Waals surface area contributed by atoms with E-state index in [2.05, 4.69) is 103 Å². The summed E-state index contributed by atoms with van der Waals surface area (Å²) < 4.78 is 13.7. The fourth-order valence-electron chi connectivity index (χ4n) is 7.90. The zero-order chi connectivity index (χ0) is 38.2. The molecule has 52 heavy (non-hydrogen) atoms. The van der Waals surface area contributed by atoms with Crippen molar-refractivity contribution in [3.05, 3.63) is 60.3 Å². The molecule has 302 valence electrons. The standard InChI is InChI=1S/C49H89NO2/c1-8-10-12-14-16-18-20-22-24-26-28-30-32-34-36-38-40-49(51-43-46(52-49)47(5,6)44-48(7,50)42-45(3)4)41-39-37-35-33-31-29-27-25-23-21-19-17-15-13-11-9-2/h16-19,22-25,42,46H,8-15,20-21,26-41,43-44,50H2,1-7H3/b18-16-,19-17-,24-22-,25-23-. The van der Waals surface area contributed by atoms with Crippen LogP contribution in [0.3, 0.4) is 0 Å². The van der Waals surface area contributed by atoms with Crippen LogP contribution in [0.2, 0.25) is 0 Å². The van der Waals surface area contributed by atoms with E-state index in [0.29, 0.717) is 6.61 Å². The molecule has 1 rings (SSSR count). The van der Waals surface area contributed by atoms with E-state index >= 15 is 0 Å². The van der Waals surface area contributed by atoms with Crippen LogP contribution < -0.4 is 5.73 Å². The molecular formula is C49H89NO2. The maximum absolute atomic E-state index is 6.99. The summed E-state index contributed by atoms with van der Waals surface area (Å²) in [4.78, 5) is 0. The van der Waals surface area contributed by atoms with Gasteiger partial charge in [0.1, 0.15) is 0 Å². The van der Waals surface area contributed by atoms with Crippen molar-refractivity contribution in [2.45, 2.75) is 239 Å². The first-order valence-corrected chi connectivity index (χ1v) is 22.4. The highest BCUT2D eigenvalue weighted by atomic mass is 16.7. The first-order chi connectivity index (χ1) is 25.1. The molecule has 3 nitrogen and oxygen atoms in total. The van der Waals surface area contributed by atoms with Crippen LogP contribution in [0.1, 0.15) is 222 Å². The third-order valence-electron chi connectivity index (χ3n) is 10.7. The van der Waals surface area contributed by atoms with Crippen molar-refractivity contribution in [3.8, 4) is 0 Å². The summed E-state index contributed by atoms with van der Waals surface area (Å²) in [7, 11) is 0. The van der Waals surface area contributed by atoms with Gasteiger partial charge in [-0.25, -0.2) is 0 Å². The summed E-state index contributed by atoms with van der Waals surface area (Å²) in [5.74, 6) is -0.423. The predicted octanol–water partition coefficient (Wildman–Crippen LogP) is 15.6. The topological polar surface area (TPSA) is 44.5 Å². The third kappa shape index (κ3) is 26.4. The second-order valence-electron chi connectivity index (χ2n) is 17.4. The molecule has 3 heteroatoms. The summed E-state index contributed by atoms with van der Waals surface area (Å²) in [6.45, 7) is 16.3. The molecule has 1 aliphatic heterocycles. The Morgan fingerprint density at radius 2 is 0.962 bits per heavy atom. The molecule has 0 radical (unpaired) electrons. The quantitative estimate of drug-likeness (QED) is 0.0531. The highest BCUT2D eigenvalue weighted by Gasteiger charge is 2.47. The Hall–Kier alpha value is -1.42. The van der Waals surface area contributed by atoms with Crippen LogP contribution in [0.5, 0.6) is 0 Å². The van der Waals surface area contributed by atoms with E-state index in [1.807, 2.05) is 0 Å². The van der Waals surface area contributed by atoms with Gasteiger partial charge in [0.25, 0.3) is 0 Å². The minimum Gasteiger partial charge on any atom is -0.347 e. The lowest BCUT2D eigenvalue weighted by Gasteiger charge is -2.38. The average molecular weight is 724 g/mol. The number of ether oxygens (including phenoxy) is 2. The fourth-order valence-corrected chi connectivity index (χ4v) is 7.90. The maximum atomic E-state index is 6.99. The molecule has 0 spiro atoms. The van der Waals surface area contributed by atoms with Gasteiger partial charge in [0.05, 0.1) is 12.7 Å². The molecule has 0 aromatic carbocycles. The molecule has 2 unspecified atom stereocenters. The molecule has 0 aromatic rings. The first-order valence-electron chi connectivity index (χ1n) is 22.4. The highest BCUT2D eigenvalue weighted by Crippen LogP contribution is 2.43. The van der Waals surface area contributed by atoms with Crippen molar-refractivity contribution < 1.29 is 9.47 Å². The molecular weight excluding hydrogens is 635 g/mol. The minimum atomic E-state index is -0.423. The minimum absolute atomic E-state index is 0.0596. The Kier molecular flexibility index (Phi) is 28.8. The zero-order valence-corrected chi connectivity index (χ0v) is 36.0. The van der Waals surface area contributed by atoms with E-state index in [0.717, 1.165) is 32.1 Å². The van der Waals surface area contributed by atoms with Crippen molar-refractivity contribution in [2.75, 3.05) is 6.61 Å². The molecule has 0 aliphatic carbocycles. The summed E-state index contributed by atoms with van der Waals surface area (Å²) in [6.07, 6.45) is 54.6. The van der Waals surface area contributed by atoms with Crippen LogP contribution >= 0.6 is 0 Å². The number of rotatable bonds is 34. The molecule has 2 atom stereocenters. The normalized spacial score (nSPS) is 17.7. The zero-order valence-electron chi connectivity index (χ0n) is 36.0. The molecule has 1 saturated heterocycles. The highest BCUT2D eigenvalue weighted by molar-refractivity contribution is 5.10. The van der Waals surface area contributed by atoms with Gasteiger partial charge in [-0.15, -0.1) is 0 Å². The van der Waals surface area contributed by atoms with Gasteiger partial charge in [-0.05, 0) is 110 Å². The smallest absolute Gasteiger partial charge is 0.168 e. The van der Waals surface area contributed by atoms with Crippen LogP contribution in [0.15, 0.2) is 60.3 Å². The van der Waals surface area contributed by atoms with Crippen molar-refractivity contribution >= 4 is 0 Å². The lowest BCUT2D eigenvalue weighted by molar-refractivity contribution is -0.190. The Morgan fingerprint density at radius 1 is 0.577 bits per heavy atom. The van der Waals surface area contributed by atoms with Crippen molar-refractivity contribution in [3.63, 3.8) is 0 Å². The molecule has 0 aromatic heterocycles. The molecule has 0 amide bonds. The van der Waals surface area contributed by atoms with Crippen LogP contribution in [-0.2, 0) is 9.47 Å². The van der Waals surface area contributed by atoms with Gasteiger partial charge in [0.2, 0.25) is 0 Å². The van der Waals surface area contributed by atoms with Gasteiger partial charge in [0, 0.05) is 18.4 Å². The predicted molar refractivity (Wildman–Crippen MR) is 232 cm³/mol. The third-order valence-corrected chi connectivity index (χ3v) is 10.7. The molecule has 2 N–H and O–H groups in total. The lowest BCUT2D eigenvalue weighted by Crippen LogP contribution is -2.45. The number of unbranched alkanes of at least 4 members (excludes halogenated alkanes) is 18. The van der Waals surface area contributed by atoms with Crippen LogP contribution in [0, 0.1) is 5.41 Å². The van der Waals surface area contributed by atoms with Gasteiger partial charge in [-0.3, -0.25) is 0 Å². The van der Waals surface area contributed by atoms with Crippen molar-refractivity contribution in [1.29, 1.82) is 0 Å². The Labute approximate surface area is 325 Å². The van der Waals surface area contributed by atoms with Crippen LogP contribution in [0.4, 0.5) is 0 Å². The van der Waals surface area contributed by atoms with Crippen LogP contribution in [-0.4, -0.2) is 24.0 Å². The summed E-state index contributed by atoms with van der Waals surface area (Å²) in [5.41, 5.74) is 7.62. The largest absolute Gasteiger partial charge is 0.347 e. The van der Waals surface area contributed by atoms with E-state index in [-0.39, 0.29) is 17.1 Å². The molecule has 1 fully saturated rings. The van der Waals surface area contributed by atoms with Crippen molar-refractivity contribution in [1.82, 2.24) is 0 Å². The van der Waals surface area contributed by atoms with E-state index in [9.17, 15) is 0 Å². The first kappa shape index (κ1) is 48.6. The van der Waals surface area contributed by atoms with E-state index in [1.54, 1.807) is 0 Å². The molecule has 0 saturated carbocycles. The van der Waals surface area contributed by atoms with Gasteiger partial charge in [-0.1, -0.05) is 165 Å². The Balaban J connectivity index is 2.44. The fraction of sp³-hybridized carbons (Fsp3) is 0.796. The number of allylic oxidation sites excluding steroid dienone is 9. The summed E-state index contributed by atoms with van der Waals surface area (Å²) in [5, 5.41) is 0. The monoisotopic (exact) mass is 724 g/mol. The molecule has 0 bridgehead atoms. The lowest BCUT2D eigenvalue weighted by atomic mass is 9.75. The molecule has 1 aliphatic rings. The average Bonchev–Trinajstić information content (AvgIpc) is 3.52. The SMILES string of the molecule is CCCCC/C=C\C/C=C\CCCCCCCCC1(CCCCCCCC/C=C\C/C=C\CCCCC)OCC(C(C)(C)CC(C)(N)C=C(C)C)O1. The van der Waals surface area contributed by atoms with E-state index in [1.165, 1.54) is 147 Å². The summed E-state index contributed by atoms with van der Waals surface area (Å²) >= 11 is 0. The summed E-state index contributed by atoms with van der Waals surface area (Å²) in [6, 6.07) is 0. The van der Waals surface area contributed by atoms with Gasteiger partial charge >= 0.3 is 0 Å². The number of hydrogen-bond donors (Lipinski definition) is 1.